The van der Waals surface area contributed by atoms with Crippen molar-refractivity contribution in [2.75, 3.05) is 13.2 Å². The molecule has 2 fully saturated rings. The maximum atomic E-state index is 12.4. The lowest BCUT2D eigenvalue weighted by atomic mass is 10.1. The summed E-state index contributed by atoms with van der Waals surface area (Å²) in [6.07, 6.45) is 6.90. The summed E-state index contributed by atoms with van der Waals surface area (Å²) in [7, 11) is -3.45. The number of rotatable bonds is 7. The van der Waals surface area contributed by atoms with E-state index in [1.807, 2.05) is 6.92 Å². The van der Waals surface area contributed by atoms with Crippen molar-refractivity contribution in [3.63, 3.8) is 0 Å². The minimum Gasteiger partial charge on any atom is -0.395 e. The Morgan fingerprint density at radius 1 is 1.32 bits per heavy atom. The van der Waals surface area contributed by atoms with Crippen molar-refractivity contribution < 1.29 is 13.5 Å². The van der Waals surface area contributed by atoms with Gasteiger partial charge in [0.2, 0.25) is 0 Å². The lowest BCUT2D eigenvalue weighted by Crippen LogP contribution is -2.52. The predicted molar refractivity (Wildman–Crippen MR) is 74.9 cm³/mol. The van der Waals surface area contributed by atoms with E-state index < -0.39 is 10.2 Å². The van der Waals surface area contributed by atoms with E-state index in [2.05, 4.69) is 4.72 Å². The van der Waals surface area contributed by atoms with Gasteiger partial charge in [0.15, 0.2) is 0 Å². The molecule has 5 nitrogen and oxygen atoms in total. The highest BCUT2D eigenvalue weighted by Crippen LogP contribution is 2.34. The van der Waals surface area contributed by atoms with Gasteiger partial charge in [-0.1, -0.05) is 26.2 Å². The zero-order chi connectivity index (χ0) is 13.9. The summed E-state index contributed by atoms with van der Waals surface area (Å²) >= 11 is 0. The summed E-state index contributed by atoms with van der Waals surface area (Å²) in [4.78, 5) is 0. The number of hydrogen-bond donors (Lipinski definition) is 2. The van der Waals surface area contributed by atoms with Gasteiger partial charge >= 0.3 is 0 Å². The first-order valence-corrected chi connectivity index (χ1v) is 8.90. The molecule has 6 heteroatoms. The fraction of sp³-hybridized carbons (Fsp3) is 1.00. The third-order valence-electron chi connectivity index (χ3n) is 4.22. The van der Waals surface area contributed by atoms with Crippen molar-refractivity contribution in [3.8, 4) is 0 Å². The van der Waals surface area contributed by atoms with Crippen LogP contribution in [0, 0.1) is 5.92 Å². The Morgan fingerprint density at radius 3 is 2.63 bits per heavy atom. The van der Waals surface area contributed by atoms with E-state index in [0.717, 1.165) is 32.1 Å². The van der Waals surface area contributed by atoms with Crippen LogP contribution in [0.25, 0.3) is 0 Å². The van der Waals surface area contributed by atoms with Crippen LogP contribution in [0.5, 0.6) is 0 Å². The average Bonchev–Trinajstić information content (AvgIpc) is 3.21. The third-order valence-corrected chi connectivity index (χ3v) is 5.95. The Kier molecular flexibility index (Phi) is 5.22. The van der Waals surface area contributed by atoms with Crippen LogP contribution in [0.15, 0.2) is 0 Å². The summed E-state index contributed by atoms with van der Waals surface area (Å²) in [6.45, 7) is 2.47. The molecule has 2 aliphatic rings. The van der Waals surface area contributed by atoms with Crippen LogP contribution in [-0.2, 0) is 10.2 Å². The maximum Gasteiger partial charge on any atom is 0.280 e. The van der Waals surface area contributed by atoms with Crippen molar-refractivity contribution >= 4 is 10.2 Å². The molecule has 0 amide bonds. The fourth-order valence-electron chi connectivity index (χ4n) is 2.81. The molecule has 0 radical (unpaired) electrons. The Labute approximate surface area is 116 Å². The van der Waals surface area contributed by atoms with Gasteiger partial charge in [-0.2, -0.15) is 17.4 Å². The van der Waals surface area contributed by atoms with E-state index in [1.165, 1.54) is 17.1 Å². The van der Waals surface area contributed by atoms with Crippen molar-refractivity contribution in [1.29, 1.82) is 0 Å². The molecular weight excluding hydrogens is 264 g/mol. The third kappa shape index (κ3) is 4.15. The van der Waals surface area contributed by atoms with E-state index in [0.29, 0.717) is 12.5 Å². The largest absolute Gasteiger partial charge is 0.395 e. The van der Waals surface area contributed by atoms with E-state index in [-0.39, 0.29) is 18.7 Å². The minimum atomic E-state index is -3.45. The Hall–Kier alpha value is -0.170. The summed E-state index contributed by atoms with van der Waals surface area (Å²) in [5.74, 6) is 0.711. The topological polar surface area (TPSA) is 69.6 Å². The molecule has 2 atom stereocenters. The first-order valence-electron chi connectivity index (χ1n) is 7.46. The lowest BCUT2D eigenvalue weighted by Gasteiger charge is -2.34. The van der Waals surface area contributed by atoms with Gasteiger partial charge < -0.3 is 5.11 Å². The highest BCUT2D eigenvalue weighted by Gasteiger charge is 2.34. The molecule has 19 heavy (non-hydrogen) atoms. The predicted octanol–water partition coefficient (Wildman–Crippen LogP) is 1.25. The van der Waals surface area contributed by atoms with Crippen LogP contribution in [0.4, 0.5) is 0 Å². The Bertz CT molecular complexity index is 381. The summed E-state index contributed by atoms with van der Waals surface area (Å²) < 4.78 is 29.2. The Morgan fingerprint density at radius 2 is 2.05 bits per heavy atom. The minimum absolute atomic E-state index is 0.0405. The molecule has 1 heterocycles. The molecule has 0 aromatic rings. The van der Waals surface area contributed by atoms with Crippen LogP contribution in [0.1, 0.15) is 51.9 Å². The number of piperidine rings is 1. The average molecular weight is 290 g/mol. The van der Waals surface area contributed by atoms with Crippen molar-refractivity contribution in [2.45, 2.75) is 64.0 Å². The highest BCUT2D eigenvalue weighted by atomic mass is 32.2. The summed E-state index contributed by atoms with van der Waals surface area (Å²) in [6, 6.07) is -0.205. The second-order valence-corrected chi connectivity index (χ2v) is 7.50. The molecule has 2 N–H and O–H groups in total. The molecule has 1 aliphatic heterocycles. The van der Waals surface area contributed by atoms with Gasteiger partial charge in [-0.15, -0.1) is 0 Å². The van der Waals surface area contributed by atoms with E-state index in [9.17, 15) is 13.5 Å². The molecule has 0 aromatic heterocycles. The molecule has 0 spiro atoms. The molecule has 1 saturated carbocycles. The molecule has 112 valence electrons. The number of nitrogens with zero attached hydrogens (tertiary/aromatic N) is 1. The van der Waals surface area contributed by atoms with Crippen molar-refractivity contribution in [2.24, 2.45) is 5.92 Å². The number of aliphatic hydroxyl groups excluding tert-OH is 1. The van der Waals surface area contributed by atoms with Crippen LogP contribution < -0.4 is 4.72 Å². The molecule has 2 rings (SSSR count). The van der Waals surface area contributed by atoms with E-state index in [1.54, 1.807) is 0 Å². The van der Waals surface area contributed by atoms with Gasteiger partial charge in [-0.05, 0) is 31.6 Å². The fourth-order valence-corrected chi connectivity index (χ4v) is 4.56. The zero-order valence-corrected chi connectivity index (χ0v) is 12.5. The molecule has 1 aliphatic carbocycles. The quantitative estimate of drug-likeness (QED) is 0.741. The van der Waals surface area contributed by atoms with Gasteiger partial charge in [-0.25, -0.2) is 0 Å². The number of aliphatic hydroxyl groups is 1. The number of hydrogen-bond acceptors (Lipinski definition) is 3. The Balaban J connectivity index is 1.98. The van der Waals surface area contributed by atoms with Crippen LogP contribution in [0.2, 0.25) is 0 Å². The van der Waals surface area contributed by atoms with Crippen molar-refractivity contribution in [3.05, 3.63) is 0 Å². The second-order valence-electron chi connectivity index (χ2n) is 5.85. The molecule has 2 unspecified atom stereocenters. The second kappa shape index (κ2) is 6.52. The first kappa shape index (κ1) is 15.2. The van der Waals surface area contributed by atoms with Gasteiger partial charge in [0.1, 0.15) is 0 Å². The van der Waals surface area contributed by atoms with Crippen LogP contribution >= 0.6 is 0 Å². The zero-order valence-electron chi connectivity index (χ0n) is 11.7. The monoisotopic (exact) mass is 290 g/mol. The highest BCUT2D eigenvalue weighted by molar-refractivity contribution is 7.87. The van der Waals surface area contributed by atoms with E-state index in [4.69, 9.17) is 0 Å². The summed E-state index contributed by atoms with van der Waals surface area (Å²) in [5.41, 5.74) is 0. The number of nitrogens with one attached hydrogen (secondary N) is 1. The maximum absolute atomic E-state index is 12.4. The van der Waals surface area contributed by atoms with Crippen LogP contribution in [0.3, 0.4) is 0 Å². The molecule has 1 saturated heterocycles. The lowest BCUT2D eigenvalue weighted by molar-refractivity contribution is 0.153. The standard InChI is InChI=1S/C13H26N2O3S/c1-2-12(9-11-6-7-11)14-19(17,18)15-8-4-3-5-13(15)10-16/h11-14,16H,2-10H2,1H3. The molecular formula is C13H26N2O3S. The first-order chi connectivity index (χ1) is 9.06. The van der Waals surface area contributed by atoms with Crippen molar-refractivity contribution in [1.82, 2.24) is 9.03 Å². The SMILES string of the molecule is CCC(CC1CC1)NS(=O)(=O)N1CCCCC1CO. The smallest absolute Gasteiger partial charge is 0.280 e. The van der Waals surface area contributed by atoms with E-state index >= 15 is 0 Å². The summed E-state index contributed by atoms with van der Waals surface area (Å²) in [5, 5.41) is 9.34. The normalized spacial score (nSPS) is 27.4. The van der Waals surface area contributed by atoms with Crippen LogP contribution in [-0.4, -0.2) is 43.1 Å². The van der Waals surface area contributed by atoms with Gasteiger partial charge in [0.05, 0.1) is 6.61 Å². The molecule has 0 aromatic carbocycles. The van der Waals surface area contributed by atoms with Gasteiger partial charge in [0, 0.05) is 18.6 Å². The van der Waals surface area contributed by atoms with Gasteiger partial charge in [0.25, 0.3) is 10.2 Å². The molecule has 0 bridgehead atoms. The van der Waals surface area contributed by atoms with Gasteiger partial charge in [-0.3, -0.25) is 0 Å².